The van der Waals surface area contributed by atoms with Gasteiger partial charge in [0.2, 0.25) is 0 Å². The third-order valence-corrected chi connectivity index (χ3v) is 8.86. The second-order valence-corrected chi connectivity index (χ2v) is 11.7. The lowest BCUT2D eigenvalue weighted by atomic mass is 9.85. The minimum absolute atomic E-state index is 0.395. The molecule has 8 rings (SSSR count). The smallest absolute Gasteiger partial charge is 0.145 e. The molecule has 0 saturated heterocycles. The van der Waals surface area contributed by atoms with Gasteiger partial charge < -0.3 is 0 Å². The molecule has 1 heterocycles. The van der Waals surface area contributed by atoms with Crippen LogP contribution >= 0.6 is 0 Å². The van der Waals surface area contributed by atoms with Crippen LogP contribution in [-0.2, 0) is 0 Å². The molecule has 7 aromatic rings. The number of hydrogen-bond acceptors (Lipinski definition) is 1. The predicted octanol–water partition coefficient (Wildman–Crippen LogP) is 11.0. The molecule has 0 radical (unpaired) electrons. The molecule has 206 valence electrons. The summed E-state index contributed by atoms with van der Waals surface area (Å²) in [6.45, 7) is 4.46. The summed E-state index contributed by atoms with van der Waals surface area (Å²) in [6, 6.07) is 46.2. The summed E-state index contributed by atoms with van der Waals surface area (Å²) in [6.07, 6.45) is 5.55. The largest absolute Gasteiger partial charge is 0.293 e. The van der Waals surface area contributed by atoms with Crippen LogP contribution in [0.5, 0.6) is 0 Å². The first-order chi connectivity index (χ1) is 21.2. The van der Waals surface area contributed by atoms with Crippen LogP contribution in [0.1, 0.15) is 36.2 Å². The average Bonchev–Trinajstić information content (AvgIpc) is 3.45. The van der Waals surface area contributed by atoms with Gasteiger partial charge in [0.05, 0.1) is 11.4 Å². The van der Waals surface area contributed by atoms with Crippen LogP contribution < -0.4 is 0 Å². The Morgan fingerprint density at radius 1 is 0.605 bits per heavy atom. The maximum absolute atomic E-state index is 5.20. The first-order valence-electron chi connectivity index (χ1n) is 15.1. The molecule has 2 heteroatoms. The minimum Gasteiger partial charge on any atom is -0.293 e. The van der Waals surface area contributed by atoms with E-state index in [4.69, 9.17) is 4.98 Å². The molecule has 6 aromatic carbocycles. The summed E-state index contributed by atoms with van der Waals surface area (Å²) < 4.78 is 2.33. The summed E-state index contributed by atoms with van der Waals surface area (Å²) >= 11 is 0. The highest BCUT2D eigenvalue weighted by atomic mass is 15.1. The molecule has 0 spiro atoms. The van der Waals surface area contributed by atoms with Crippen LogP contribution in [0, 0.1) is 6.92 Å². The van der Waals surface area contributed by atoms with Crippen LogP contribution in [0.2, 0.25) is 0 Å². The van der Waals surface area contributed by atoms with Crippen LogP contribution in [-0.4, -0.2) is 9.55 Å². The Bertz CT molecular complexity index is 2150. The molecule has 0 bridgehead atoms. The highest BCUT2D eigenvalue weighted by Crippen LogP contribution is 2.44. The second kappa shape index (κ2) is 10.3. The van der Waals surface area contributed by atoms with Crippen LogP contribution in [0.4, 0.5) is 0 Å². The molecule has 0 amide bonds. The van der Waals surface area contributed by atoms with E-state index in [1.807, 2.05) is 0 Å². The van der Waals surface area contributed by atoms with Gasteiger partial charge in [-0.3, -0.25) is 4.57 Å². The van der Waals surface area contributed by atoms with Crippen molar-refractivity contribution < 1.29 is 0 Å². The molecule has 1 aliphatic carbocycles. The van der Waals surface area contributed by atoms with Crippen molar-refractivity contribution in [3.63, 3.8) is 0 Å². The highest BCUT2D eigenvalue weighted by molar-refractivity contribution is 6.21. The van der Waals surface area contributed by atoms with Crippen LogP contribution in [0.15, 0.2) is 133 Å². The first-order valence-corrected chi connectivity index (χ1v) is 15.1. The number of nitrogens with zero attached hydrogens (tertiary/aromatic N) is 2. The third-order valence-electron chi connectivity index (χ3n) is 8.86. The Labute approximate surface area is 252 Å². The van der Waals surface area contributed by atoms with Gasteiger partial charge in [-0.15, -0.1) is 0 Å². The highest BCUT2D eigenvalue weighted by Gasteiger charge is 2.24. The zero-order chi connectivity index (χ0) is 28.9. The fourth-order valence-corrected chi connectivity index (χ4v) is 6.81. The third kappa shape index (κ3) is 4.21. The predicted molar refractivity (Wildman–Crippen MR) is 182 cm³/mol. The van der Waals surface area contributed by atoms with Gasteiger partial charge in [0.1, 0.15) is 5.82 Å². The monoisotopic (exact) mass is 552 g/mol. The SMILES string of the molecule is Cc1ccc2c(-c3ccccc3)c3ccccc3c(-c3ccc(-n4c(-c5ccccc5)nc5c4C=CCC5C)cc3)c2c1. The minimum atomic E-state index is 0.395. The van der Waals surface area contributed by atoms with Crippen molar-refractivity contribution in [3.8, 4) is 39.3 Å². The summed E-state index contributed by atoms with van der Waals surface area (Å²) in [5.74, 6) is 1.39. The van der Waals surface area contributed by atoms with Gasteiger partial charge in [-0.2, -0.15) is 0 Å². The van der Waals surface area contributed by atoms with Crippen molar-refractivity contribution in [3.05, 3.63) is 150 Å². The molecule has 1 unspecified atom stereocenters. The molecular weight excluding hydrogens is 520 g/mol. The molecule has 43 heavy (non-hydrogen) atoms. The van der Waals surface area contributed by atoms with E-state index in [0.29, 0.717) is 5.92 Å². The van der Waals surface area contributed by atoms with Gasteiger partial charge in [0.15, 0.2) is 0 Å². The Balaban J connectivity index is 1.35. The Hall–Kier alpha value is -5.21. The van der Waals surface area contributed by atoms with Gasteiger partial charge in [-0.1, -0.05) is 134 Å². The van der Waals surface area contributed by atoms with Crippen molar-refractivity contribution in [2.24, 2.45) is 0 Å². The number of aryl methyl sites for hydroxylation is 1. The zero-order valence-electron chi connectivity index (χ0n) is 24.5. The molecule has 0 aliphatic heterocycles. The molecule has 2 nitrogen and oxygen atoms in total. The zero-order valence-corrected chi connectivity index (χ0v) is 24.5. The maximum atomic E-state index is 5.20. The Morgan fingerprint density at radius 3 is 1.88 bits per heavy atom. The molecular formula is C41H32N2. The average molecular weight is 553 g/mol. The van der Waals surface area contributed by atoms with Gasteiger partial charge in [-0.05, 0) is 75.4 Å². The summed E-state index contributed by atoms with van der Waals surface area (Å²) in [5.41, 5.74) is 10.9. The van der Waals surface area contributed by atoms with Gasteiger partial charge >= 0.3 is 0 Å². The van der Waals surface area contributed by atoms with E-state index in [2.05, 4.69) is 158 Å². The lowest BCUT2D eigenvalue weighted by Gasteiger charge is -2.19. The number of rotatable bonds is 4. The summed E-state index contributed by atoms with van der Waals surface area (Å²) in [4.78, 5) is 5.20. The quantitative estimate of drug-likeness (QED) is 0.199. The molecule has 0 fully saturated rings. The lowest BCUT2D eigenvalue weighted by Crippen LogP contribution is -2.04. The van der Waals surface area contributed by atoms with Crippen molar-refractivity contribution in [1.29, 1.82) is 0 Å². The number of hydrogen-bond donors (Lipinski definition) is 0. The van der Waals surface area contributed by atoms with E-state index in [0.717, 1.165) is 23.5 Å². The van der Waals surface area contributed by atoms with Gasteiger partial charge in [-0.25, -0.2) is 4.98 Å². The molecule has 1 aliphatic rings. The van der Waals surface area contributed by atoms with E-state index >= 15 is 0 Å². The number of benzene rings is 6. The van der Waals surface area contributed by atoms with Crippen molar-refractivity contribution >= 4 is 27.6 Å². The summed E-state index contributed by atoms with van der Waals surface area (Å²) in [7, 11) is 0. The Kier molecular flexibility index (Phi) is 6.08. The fraction of sp³-hybridized carbons (Fsp3) is 0.0976. The molecule has 0 saturated carbocycles. The molecule has 0 N–H and O–H groups in total. The first kappa shape index (κ1) is 25.5. The van der Waals surface area contributed by atoms with Crippen LogP contribution in [0.25, 0.3) is 66.9 Å². The lowest BCUT2D eigenvalue weighted by molar-refractivity contribution is 0.745. The maximum Gasteiger partial charge on any atom is 0.145 e. The fourth-order valence-electron chi connectivity index (χ4n) is 6.81. The Morgan fingerprint density at radius 2 is 1.19 bits per heavy atom. The molecule has 1 atom stereocenters. The second-order valence-electron chi connectivity index (χ2n) is 11.7. The van der Waals surface area contributed by atoms with Gasteiger partial charge in [0.25, 0.3) is 0 Å². The van der Waals surface area contributed by atoms with Crippen molar-refractivity contribution in [2.75, 3.05) is 0 Å². The van der Waals surface area contributed by atoms with Crippen molar-refractivity contribution in [2.45, 2.75) is 26.2 Å². The number of allylic oxidation sites excluding steroid dienone is 1. The van der Waals surface area contributed by atoms with E-state index in [9.17, 15) is 0 Å². The van der Waals surface area contributed by atoms with E-state index in [-0.39, 0.29) is 0 Å². The number of aromatic nitrogens is 2. The normalized spacial score (nSPS) is 14.3. The summed E-state index contributed by atoms with van der Waals surface area (Å²) in [5, 5.41) is 5.11. The topological polar surface area (TPSA) is 17.8 Å². The standard InChI is InChI=1S/C41H32N2/c1-27-20-25-35-36(26-27)39(34-18-10-9-17-33(34)38(35)29-13-5-3-6-14-29)30-21-23-32(24-22-30)43-37-19-11-12-28(2)40(37)42-41(43)31-15-7-4-8-16-31/h3-11,13-26,28H,12H2,1-2H3. The number of fused-ring (bicyclic) bond motifs is 3. The van der Waals surface area contributed by atoms with E-state index in [1.165, 1.54) is 60.8 Å². The van der Waals surface area contributed by atoms with Crippen molar-refractivity contribution in [1.82, 2.24) is 9.55 Å². The van der Waals surface area contributed by atoms with E-state index in [1.54, 1.807) is 0 Å². The van der Waals surface area contributed by atoms with E-state index < -0.39 is 0 Å². The van der Waals surface area contributed by atoms with Gasteiger partial charge in [0, 0.05) is 17.2 Å². The number of imidazole rings is 1. The molecule has 1 aromatic heterocycles. The van der Waals surface area contributed by atoms with Crippen LogP contribution in [0.3, 0.4) is 0 Å².